The zero-order valence-electron chi connectivity index (χ0n) is 8.46. The normalized spacial score (nSPS) is 9.50. The summed E-state index contributed by atoms with van der Waals surface area (Å²) in [4.78, 5) is 0. The summed E-state index contributed by atoms with van der Waals surface area (Å²) in [6.45, 7) is 5.24. The van der Waals surface area contributed by atoms with Gasteiger partial charge in [0.25, 0.3) is 0 Å². The largest absolute Gasteiger partial charge is 0.616 e. The van der Waals surface area contributed by atoms with Crippen LogP contribution in [0.25, 0.3) is 0 Å². The summed E-state index contributed by atoms with van der Waals surface area (Å²) >= 11 is -0.534. The Morgan fingerprint density at radius 1 is 1.00 bits per heavy atom. The molecule has 0 fully saturated rings. The molecule has 0 aliphatic carbocycles. The van der Waals surface area contributed by atoms with E-state index < -0.39 is 11.2 Å². The second-order valence-corrected chi connectivity index (χ2v) is 4.04. The number of hydrogen-bond donors (Lipinski definition) is 0. The lowest BCUT2D eigenvalue weighted by Crippen LogP contribution is -2.04. The van der Waals surface area contributed by atoms with Crippen LogP contribution in [0.5, 0.6) is 0 Å². The van der Waals surface area contributed by atoms with Gasteiger partial charge in [0, 0.05) is 14.2 Å². The Kier molecular flexibility index (Phi) is 16.9. The second-order valence-electron chi connectivity index (χ2n) is 2.00. The lowest BCUT2D eigenvalue weighted by Gasteiger charge is -2.01. The summed E-state index contributed by atoms with van der Waals surface area (Å²) in [5.41, 5.74) is 0. The average molecular weight is 196 g/mol. The third kappa shape index (κ3) is 16.7. The lowest BCUT2D eigenvalue weighted by atomic mass is 10.8. The van der Waals surface area contributed by atoms with Gasteiger partial charge < -0.3 is 14.0 Å². The van der Waals surface area contributed by atoms with Crippen molar-refractivity contribution in [3.05, 3.63) is 0 Å². The summed E-state index contributed by atoms with van der Waals surface area (Å²) in [5.74, 6) is 1.60. The van der Waals surface area contributed by atoms with Gasteiger partial charge in [-0.15, -0.1) is 0 Å². The standard InChI is InChI=1S/C4H10O2.C4H10OS/c1-5-3-4-6-2;1-3-6(5)4-2/h2*3-4H2,1-2H3. The van der Waals surface area contributed by atoms with Crippen LogP contribution in [0.3, 0.4) is 0 Å². The van der Waals surface area contributed by atoms with E-state index in [0.29, 0.717) is 13.2 Å². The molecule has 0 saturated carbocycles. The summed E-state index contributed by atoms with van der Waals surface area (Å²) in [7, 11) is 3.30. The Morgan fingerprint density at radius 2 is 1.33 bits per heavy atom. The third-order valence-corrected chi connectivity index (χ3v) is 2.42. The first-order valence-corrected chi connectivity index (χ1v) is 5.54. The monoisotopic (exact) mass is 196 g/mol. The molecular formula is C8H20O3S. The Morgan fingerprint density at radius 3 is 1.42 bits per heavy atom. The predicted octanol–water partition coefficient (Wildman–Crippen LogP) is 1.05. The minimum absolute atomic E-state index is 0.534. The van der Waals surface area contributed by atoms with E-state index >= 15 is 0 Å². The van der Waals surface area contributed by atoms with Gasteiger partial charge in [-0.25, -0.2) is 0 Å². The van der Waals surface area contributed by atoms with Crippen molar-refractivity contribution >= 4 is 11.2 Å². The minimum Gasteiger partial charge on any atom is -0.616 e. The fourth-order valence-corrected chi connectivity index (χ4v) is 0.779. The number of methoxy groups -OCH3 is 2. The van der Waals surface area contributed by atoms with Crippen LogP contribution in [0.4, 0.5) is 0 Å². The fourth-order valence-electron chi connectivity index (χ4n) is 0.371. The number of rotatable bonds is 5. The lowest BCUT2D eigenvalue weighted by molar-refractivity contribution is 0.103. The molecule has 76 valence electrons. The quantitative estimate of drug-likeness (QED) is 0.487. The summed E-state index contributed by atoms with van der Waals surface area (Å²) in [5, 5.41) is 0. The van der Waals surface area contributed by atoms with E-state index in [-0.39, 0.29) is 0 Å². The van der Waals surface area contributed by atoms with Gasteiger partial charge in [0.1, 0.15) is 11.5 Å². The highest BCUT2D eigenvalue weighted by Gasteiger charge is 1.91. The molecule has 3 nitrogen and oxygen atoms in total. The van der Waals surface area contributed by atoms with Crippen molar-refractivity contribution in [3.8, 4) is 0 Å². The maximum absolute atomic E-state index is 10.3. The van der Waals surface area contributed by atoms with E-state index in [2.05, 4.69) is 9.47 Å². The van der Waals surface area contributed by atoms with Gasteiger partial charge in [-0.2, -0.15) is 0 Å². The maximum atomic E-state index is 10.3. The Balaban J connectivity index is 0. The molecule has 12 heavy (non-hydrogen) atoms. The Labute approximate surface area is 78.6 Å². The molecule has 0 N–H and O–H groups in total. The van der Waals surface area contributed by atoms with Crippen molar-refractivity contribution in [2.24, 2.45) is 0 Å². The predicted molar refractivity (Wildman–Crippen MR) is 53.0 cm³/mol. The van der Waals surface area contributed by atoms with Crippen molar-refractivity contribution in [1.29, 1.82) is 0 Å². The number of hydrogen-bond acceptors (Lipinski definition) is 3. The van der Waals surface area contributed by atoms with E-state index in [1.54, 1.807) is 14.2 Å². The molecule has 0 aliphatic heterocycles. The van der Waals surface area contributed by atoms with Crippen LogP contribution >= 0.6 is 0 Å². The first-order chi connectivity index (χ1) is 5.72. The highest BCUT2D eigenvalue weighted by Crippen LogP contribution is 1.84. The fraction of sp³-hybridized carbons (Fsp3) is 1.00. The molecule has 0 heterocycles. The molecule has 0 spiro atoms. The summed E-state index contributed by atoms with van der Waals surface area (Å²) in [6.07, 6.45) is 0. The van der Waals surface area contributed by atoms with E-state index in [4.69, 9.17) is 0 Å². The molecule has 0 aromatic heterocycles. The highest BCUT2D eigenvalue weighted by molar-refractivity contribution is 7.91. The van der Waals surface area contributed by atoms with Crippen LogP contribution in [0.15, 0.2) is 0 Å². The molecular weight excluding hydrogens is 176 g/mol. The zero-order chi connectivity index (χ0) is 9.82. The van der Waals surface area contributed by atoms with Crippen molar-refractivity contribution < 1.29 is 14.0 Å². The van der Waals surface area contributed by atoms with Crippen LogP contribution in [0.1, 0.15) is 13.8 Å². The summed E-state index contributed by atoms with van der Waals surface area (Å²) in [6, 6.07) is 0. The Bertz CT molecular complexity index is 63.3. The molecule has 0 unspecified atom stereocenters. The highest BCUT2D eigenvalue weighted by atomic mass is 32.2. The minimum atomic E-state index is -0.534. The van der Waals surface area contributed by atoms with E-state index in [1.807, 2.05) is 13.8 Å². The number of ether oxygens (including phenoxy) is 2. The molecule has 0 aliphatic rings. The first kappa shape index (κ1) is 14.7. The van der Waals surface area contributed by atoms with Crippen LogP contribution in [0, 0.1) is 0 Å². The van der Waals surface area contributed by atoms with E-state index in [9.17, 15) is 4.55 Å². The van der Waals surface area contributed by atoms with Crippen LogP contribution < -0.4 is 0 Å². The van der Waals surface area contributed by atoms with Crippen LogP contribution in [0.2, 0.25) is 0 Å². The van der Waals surface area contributed by atoms with Crippen molar-refractivity contribution in [2.45, 2.75) is 13.8 Å². The SMILES string of the molecule is CC[S+]([O-])CC.COCCOC. The smallest absolute Gasteiger partial charge is 0.102 e. The van der Waals surface area contributed by atoms with Crippen molar-refractivity contribution in [2.75, 3.05) is 38.9 Å². The van der Waals surface area contributed by atoms with Crippen molar-refractivity contribution in [3.63, 3.8) is 0 Å². The molecule has 0 atom stereocenters. The second kappa shape index (κ2) is 13.8. The molecule has 0 amide bonds. The topological polar surface area (TPSA) is 41.5 Å². The van der Waals surface area contributed by atoms with E-state index in [1.165, 1.54) is 0 Å². The van der Waals surface area contributed by atoms with Gasteiger partial charge in [-0.1, -0.05) is 11.2 Å². The summed E-state index contributed by atoms with van der Waals surface area (Å²) < 4.78 is 19.6. The molecule has 0 radical (unpaired) electrons. The first-order valence-electron chi connectivity index (χ1n) is 4.05. The molecule has 0 bridgehead atoms. The molecule has 0 aromatic rings. The average Bonchev–Trinajstić information content (AvgIpc) is 2.14. The van der Waals surface area contributed by atoms with Gasteiger partial charge in [0.05, 0.1) is 13.2 Å². The Hall–Kier alpha value is 0.230. The zero-order valence-corrected chi connectivity index (χ0v) is 9.28. The van der Waals surface area contributed by atoms with E-state index in [0.717, 1.165) is 11.5 Å². The van der Waals surface area contributed by atoms with Gasteiger partial charge in [-0.05, 0) is 13.8 Å². The van der Waals surface area contributed by atoms with Gasteiger partial charge in [0.15, 0.2) is 0 Å². The molecule has 0 rings (SSSR count). The van der Waals surface area contributed by atoms with Gasteiger partial charge in [-0.3, -0.25) is 0 Å². The maximum Gasteiger partial charge on any atom is 0.102 e. The third-order valence-electron chi connectivity index (χ3n) is 1.14. The molecule has 0 saturated heterocycles. The van der Waals surface area contributed by atoms with Crippen molar-refractivity contribution in [1.82, 2.24) is 0 Å². The van der Waals surface area contributed by atoms with Crippen LogP contribution in [-0.2, 0) is 20.6 Å². The molecule has 4 heteroatoms. The van der Waals surface area contributed by atoms with Crippen LogP contribution in [-0.4, -0.2) is 43.5 Å². The van der Waals surface area contributed by atoms with Gasteiger partial charge in [0.2, 0.25) is 0 Å². The van der Waals surface area contributed by atoms with Gasteiger partial charge >= 0.3 is 0 Å². The molecule has 0 aromatic carbocycles.